The first kappa shape index (κ1) is 11.6. The summed E-state index contributed by atoms with van der Waals surface area (Å²) in [6.07, 6.45) is 1.54. The van der Waals surface area contributed by atoms with E-state index < -0.39 is 5.92 Å². The number of nitrogens with zero attached hydrogens (tertiary/aromatic N) is 1. The summed E-state index contributed by atoms with van der Waals surface area (Å²) in [6, 6.07) is 13.8. The van der Waals surface area contributed by atoms with E-state index in [2.05, 4.69) is 10.3 Å². The van der Waals surface area contributed by atoms with E-state index in [-0.39, 0.29) is 11.8 Å². The zero-order chi connectivity index (χ0) is 13.2. The van der Waals surface area contributed by atoms with Crippen molar-refractivity contribution in [1.29, 1.82) is 0 Å². The Morgan fingerprint density at radius 3 is 2.68 bits per heavy atom. The standard InChI is InChI=1S/C15H12N2O2/c18-14-13(15(19)17-9-16-14)8-11-6-3-5-10-4-1-2-7-12(10)11/h1-7,9,13H,8H2,(H,16,17,18,19). The summed E-state index contributed by atoms with van der Waals surface area (Å²) in [6.45, 7) is 0. The van der Waals surface area contributed by atoms with E-state index in [0.29, 0.717) is 6.42 Å². The van der Waals surface area contributed by atoms with Gasteiger partial charge in [-0.3, -0.25) is 9.59 Å². The zero-order valence-electron chi connectivity index (χ0n) is 10.2. The number of carbonyl (C=O) groups is 2. The number of nitrogens with one attached hydrogen (secondary N) is 1. The molecule has 1 aliphatic heterocycles. The third kappa shape index (κ3) is 2.12. The zero-order valence-corrected chi connectivity index (χ0v) is 10.2. The molecular weight excluding hydrogens is 240 g/mol. The van der Waals surface area contributed by atoms with E-state index in [1.54, 1.807) is 0 Å². The number of fused-ring (bicyclic) bond motifs is 1. The molecule has 1 N–H and O–H groups in total. The summed E-state index contributed by atoms with van der Waals surface area (Å²) in [4.78, 5) is 27.1. The molecular formula is C15H12N2O2. The highest BCUT2D eigenvalue weighted by atomic mass is 16.2. The van der Waals surface area contributed by atoms with Gasteiger partial charge in [-0.05, 0) is 22.8 Å². The molecule has 0 bridgehead atoms. The van der Waals surface area contributed by atoms with Gasteiger partial charge in [0, 0.05) is 0 Å². The van der Waals surface area contributed by atoms with Crippen LogP contribution in [-0.2, 0) is 16.0 Å². The Balaban J connectivity index is 1.99. The molecule has 3 rings (SSSR count). The Morgan fingerprint density at radius 1 is 1.05 bits per heavy atom. The summed E-state index contributed by atoms with van der Waals surface area (Å²) >= 11 is 0. The van der Waals surface area contributed by atoms with Crippen LogP contribution in [-0.4, -0.2) is 18.2 Å². The number of benzene rings is 2. The predicted molar refractivity (Wildman–Crippen MR) is 72.8 cm³/mol. The van der Waals surface area contributed by atoms with Gasteiger partial charge in [-0.25, -0.2) is 4.99 Å². The van der Waals surface area contributed by atoms with Crippen molar-refractivity contribution in [3.63, 3.8) is 0 Å². The van der Waals surface area contributed by atoms with Crippen LogP contribution in [0, 0.1) is 5.92 Å². The summed E-state index contributed by atoms with van der Waals surface area (Å²) < 4.78 is 0. The smallest absolute Gasteiger partial charge is 0.259 e. The molecule has 19 heavy (non-hydrogen) atoms. The minimum Gasteiger partial charge on any atom is -0.316 e. The molecule has 0 aliphatic carbocycles. The van der Waals surface area contributed by atoms with E-state index in [0.717, 1.165) is 22.7 Å². The molecule has 0 spiro atoms. The topological polar surface area (TPSA) is 58.5 Å². The average Bonchev–Trinajstić information content (AvgIpc) is 2.43. The number of rotatable bonds is 2. The van der Waals surface area contributed by atoms with Gasteiger partial charge >= 0.3 is 0 Å². The van der Waals surface area contributed by atoms with Crippen LogP contribution in [0.5, 0.6) is 0 Å². The monoisotopic (exact) mass is 252 g/mol. The van der Waals surface area contributed by atoms with Crippen molar-refractivity contribution in [1.82, 2.24) is 5.32 Å². The van der Waals surface area contributed by atoms with Crippen LogP contribution in [0.1, 0.15) is 5.56 Å². The van der Waals surface area contributed by atoms with Gasteiger partial charge in [-0.2, -0.15) is 0 Å². The van der Waals surface area contributed by atoms with Crippen molar-refractivity contribution < 1.29 is 9.59 Å². The maximum atomic E-state index is 11.7. The first-order valence-electron chi connectivity index (χ1n) is 6.09. The quantitative estimate of drug-likeness (QED) is 0.827. The Kier molecular flexibility index (Phi) is 2.83. The second kappa shape index (κ2) is 4.65. The number of aliphatic imine (C=N–C) groups is 1. The maximum Gasteiger partial charge on any atom is 0.259 e. The molecule has 2 aromatic carbocycles. The SMILES string of the molecule is O=C1N=CNC(=O)C1Cc1cccc2ccccc12. The number of hydrogen-bond acceptors (Lipinski definition) is 2. The first-order valence-corrected chi connectivity index (χ1v) is 6.09. The molecule has 0 fully saturated rings. The summed E-state index contributed by atoms with van der Waals surface area (Å²) in [7, 11) is 0. The molecule has 1 heterocycles. The van der Waals surface area contributed by atoms with Gasteiger partial charge < -0.3 is 5.32 Å². The van der Waals surface area contributed by atoms with Gasteiger partial charge in [0.2, 0.25) is 5.91 Å². The highest BCUT2D eigenvalue weighted by molar-refractivity contribution is 6.10. The van der Waals surface area contributed by atoms with Crippen LogP contribution >= 0.6 is 0 Å². The van der Waals surface area contributed by atoms with Crippen molar-refractivity contribution in [3.8, 4) is 0 Å². The number of amides is 2. The maximum absolute atomic E-state index is 11.7. The first-order chi connectivity index (χ1) is 9.25. The second-order valence-corrected chi connectivity index (χ2v) is 4.50. The van der Waals surface area contributed by atoms with E-state index in [9.17, 15) is 9.59 Å². The average molecular weight is 252 g/mol. The van der Waals surface area contributed by atoms with E-state index in [1.807, 2.05) is 42.5 Å². The van der Waals surface area contributed by atoms with Crippen molar-refractivity contribution in [3.05, 3.63) is 48.0 Å². The molecule has 0 saturated heterocycles. The third-order valence-electron chi connectivity index (χ3n) is 3.32. The fourth-order valence-electron chi connectivity index (χ4n) is 2.33. The lowest BCUT2D eigenvalue weighted by molar-refractivity contribution is -0.133. The Bertz CT molecular complexity index is 686. The van der Waals surface area contributed by atoms with Crippen molar-refractivity contribution in [2.45, 2.75) is 6.42 Å². The van der Waals surface area contributed by atoms with Crippen molar-refractivity contribution in [2.75, 3.05) is 0 Å². The van der Waals surface area contributed by atoms with Crippen LogP contribution < -0.4 is 5.32 Å². The minimum absolute atomic E-state index is 0.284. The van der Waals surface area contributed by atoms with Crippen LogP contribution in [0.25, 0.3) is 10.8 Å². The summed E-state index contributed by atoms with van der Waals surface area (Å²) in [5, 5.41) is 4.65. The molecule has 94 valence electrons. The highest BCUT2D eigenvalue weighted by Gasteiger charge is 2.29. The van der Waals surface area contributed by atoms with E-state index >= 15 is 0 Å². The summed E-state index contributed by atoms with van der Waals surface area (Å²) in [5.41, 5.74) is 0.990. The summed E-state index contributed by atoms with van der Waals surface area (Å²) in [5.74, 6) is -1.39. The number of carbonyl (C=O) groups excluding carboxylic acids is 2. The van der Waals surface area contributed by atoms with E-state index in [4.69, 9.17) is 0 Å². The molecule has 0 aromatic heterocycles. The fraction of sp³-hybridized carbons (Fsp3) is 0.133. The van der Waals surface area contributed by atoms with Gasteiger partial charge in [0.15, 0.2) is 0 Å². The van der Waals surface area contributed by atoms with Gasteiger partial charge in [-0.1, -0.05) is 42.5 Å². The molecule has 1 atom stereocenters. The van der Waals surface area contributed by atoms with Crippen LogP contribution in [0.2, 0.25) is 0 Å². The number of hydrogen-bond donors (Lipinski definition) is 1. The predicted octanol–water partition coefficient (Wildman–Crippen LogP) is 1.68. The molecule has 2 amide bonds. The lowest BCUT2D eigenvalue weighted by atomic mass is 9.93. The van der Waals surface area contributed by atoms with Gasteiger partial charge in [0.25, 0.3) is 5.91 Å². The van der Waals surface area contributed by atoms with Crippen LogP contribution in [0.15, 0.2) is 47.5 Å². The molecule has 0 saturated carbocycles. The molecule has 1 aliphatic rings. The molecule has 4 nitrogen and oxygen atoms in total. The Hall–Kier alpha value is -2.49. The lowest BCUT2D eigenvalue weighted by Crippen LogP contribution is -2.39. The fourth-order valence-corrected chi connectivity index (χ4v) is 2.33. The highest BCUT2D eigenvalue weighted by Crippen LogP contribution is 2.22. The van der Waals surface area contributed by atoms with Crippen LogP contribution in [0.3, 0.4) is 0 Å². The largest absolute Gasteiger partial charge is 0.316 e. The Morgan fingerprint density at radius 2 is 1.84 bits per heavy atom. The van der Waals surface area contributed by atoms with Crippen molar-refractivity contribution >= 4 is 28.9 Å². The molecule has 0 radical (unpaired) electrons. The van der Waals surface area contributed by atoms with Crippen LogP contribution in [0.4, 0.5) is 0 Å². The lowest BCUT2D eigenvalue weighted by Gasteiger charge is -2.16. The van der Waals surface area contributed by atoms with Crippen molar-refractivity contribution in [2.24, 2.45) is 10.9 Å². The van der Waals surface area contributed by atoms with Gasteiger partial charge in [0.05, 0.1) is 6.34 Å². The third-order valence-corrected chi connectivity index (χ3v) is 3.32. The Labute approximate surface area is 110 Å². The van der Waals surface area contributed by atoms with Gasteiger partial charge in [0.1, 0.15) is 5.92 Å². The van der Waals surface area contributed by atoms with E-state index in [1.165, 1.54) is 0 Å². The normalized spacial score (nSPS) is 18.6. The molecule has 2 aromatic rings. The molecule has 1 unspecified atom stereocenters. The minimum atomic E-state index is -0.726. The second-order valence-electron chi connectivity index (χ2n) is 4.50. The van der Waals surface area contributed by atoms with Gasteiger partial charge in [-0.15, -0.1) is 0 Å². The molecule has 4 heteroatoms.